The lowest BCUT2D eigenvalue weighted by atomic mass is 10.1. The van der Waals surface area contributed by atoms with Gasteiger partial charge in [-0.15, -0.1) is 11.3 Å². The van der Waals surface area contributed by atoms with E-state index in [2.05, 4.69) is 15.3 Å². The van der Waals surface area contributed by atoms with E-state index in [0.717, 1.165) is 26.9 Å². The summed E-state index contributed by atoms with van der Waals surface area (Å²) in [4.78, 5) is 21.3. The van der Waals surface area contributed by atoms with Crippen LogP contribution in [0.1, 0.15) is 15.2 Å². The second-order valence-corrected chi connectivity index (χ2v) is 6.84. The highest BCUT2D eigenvalue weighted by molar-refractivity contribution is 7.20. The van der Waals surface area contributed by atoms with Crippen molar-refractivity contribution in [1.82, 2.24) is 15.3 Å². The van der Waals surface area contributed by atoms with Crippen molar-refractivity contribution in [3.8, 4) is 11.3 Å². The molecule has 0 saturated carbocycles. The number of thiophene rings is 1. The van der Waals surface area contributed by atoms with E-state index in [0.29, 0.717) is 11.4 Å². The van der Waals surface area contributed by atoms with Crippen LogP contribution in [-0.2, 0) is 6.54 Å². The minimum Gasteiger partial charge on any atom is -0.347 e. The third-order valence-corrected chi connectivity index (χ3v) is 5.07. The molecule has 0 fully saturated rings. The summed E-state index contributed by atoms with van der Waals surface area (Å²) in [5.41, 5.74) is 2.75. The molecule has 0 aliphatic carbocycles. The van der Waals surface area contributed by atoms with E-state index in [-0.39, 0.29) is 11.7 Å². The summed E-state index contributed by atoms with van der Waals surface area (Å²) in [7, 11) is 0. The molecule has 26 heavy (non-hydrogen) atoms. The van der Waals surface area contributed by atoms with Crippen molar-refractivity contribution in [3.05, 3.63) is 83.4 Å². The van der Waals surface area contributed by atoms with Gasteiger partial charge < -0.3 is 5.32 Å². The lowest BCUT2D eigenvalue weighted by Crippen LogP contribution is -2.21. The third-order valence-electron chi connectivity index (χ3n) is 3.96. The van der Waals surface area contributed by atoms with Gasteiger partial charge in [-0.1, -0.05) is 0 Å². The molecule has 0 aliphatic heterocycles. The fraction of sp³-hybridized carbons (Fsp3) is 0.0500. The average molecular weight is 363 g/mol. The van der Waals surface area contributed by atoms with E-state index in [1.54, 1.807) is 30.7 Å². The van der Waals surface area contributed by atoms with Crippen LogP contribution in [-0.4, -0.2) is 15.9 Å². The number of carbonyl (C=O) groups is 1. The first-order chi connectivity index (χ1) is 12.7. The van der Waals surface area contributed by atoms with Crippen molar-refractivity contribution in [2.24, 2.45) is 0 Å². The Hall–Kier alpha value is -3.12. The van der Waals surface area contributed by atoms with Gasteiger partial charge in [0.1, 0.15) is 5.82 Å². The first-order valence-electron chi connectivity index (χ1n) is 8.02. The van der Waals surface area contributed by atoms with Gasteiger partial charge in [0.05, 0.1) is 10.6 Å². The lowest BCUT2D eigenvalue weighted by Gasteiger charge is -2.06. The average Bonchev–Trinajstić information content (AvgIpc) is 3.10. The van der Waals surface area contributed by atoms with Crippen molar-refractivity contribution in [3.63, 3.8) is 0 Å². The zero-order valence-electron chi connectivity index (χ0n) is 13.6. The number of pyridine rings is 2. The predicted molar refractivity (Wildman–Crippen MR) is 100 cm³/mol. The quantitative estimate of drug-likeness (QED) is 0.584. The van der Waals surface area contributed by atoms with Gasteiger partial charge in [-0.2, -0.15) is 0 Å². The summed E-state index contributed by atoms with van der Waals surface area (Å²) < 4.78 is 14.2. The second kappa shape index (κ2) is 7.01. The normalized spacial score (nSPS) is 10.8. The zero-order valence-corrected chi connectivity index (χ0v) is 14.5. The number of rotatable bonds is 4. The van der Waals surface area contributed by atoms with Crippen molar-refractivity contribution in [2.45, 2.75) is 6.54 Å². The summed E-state index contributed by atoms with van der Waals surface area (Å²) in [5, 5.41) is 3.65. The van der Waals surface area contributed by atoms with E-state index in [1.807, 2.05) is 24.3 Å². The number of fused-ring (bicyclic) bond motifs is 1. The summed E-state index contributed by atoms with van der Waals surface area (Å²) >= 11 is 1.35. The Morgan fingerprint density at radius 2 is 1.88 bits per heavy atom. The molecule has 128 valence electrons. The van der Waals surface area contributed by atoms with Gasteiger partial charge in [0.15, 0.2) is 0 Å². The molecule has 1 aromatic carbocycles. The molecule has 0 unspecified atom stereocenters. The molecule has 0 bridgehead atoms. The molecule has 1 amide bonds. The Bertz CT molecular complexity index is 1080. The fourth-order valence-electron chi connectivity index (χ4n) is 2.66. The van der Waals surface area contributed by atoms with Crippen LogP contribution in [0.5, 0.6) is 0 Å². The topological polar surface area (TPSA) is 54.9 Å². The maximum Gasteiger partial charge on any atom is 0.261 e. The molecule has 4 rings (SSSR count). The Morgan fingerprint density at radius 3 is 2.73 bits per heavy atom. The van der Waals surface area contributed by atoms with E-state index >= 15 is 0 Å². The lowest BCUT2D eigenvalue weighted by molar-refractivity contribution is 0.0955. The first-order valence-corrected chi connectivity index (χ1v) is 8.83. The van der Waals surface area contributed by atoms with E-state index < -0.39 is 0 Å². The summed E-state index contributed by atoms with van der Waals surface area (Å²) in [6, 6.07) is 13.8. The number of aromatic nitrogens is 2. The Kier molecular flexibility index (Phi) is 4.41. The summed E-state index contributed by atoms with van der Waals surface area (Å²) in [5.74, 6) is -0.475. The molecule has 4 aromatic rings. The van der Waals surface area contributed by atoms with Gasteiger partial charge in [-0.3, -0.25) is 14.8 Å². The molecule has 1 N–H and O–H groups in total. The van der Waals surface area contributed by atoms with Crippen LogP contribution in [0.4, 0.5) is 4.39 Å². The molecule has 3 heterocycles. The second-order valence-electron chi connectivity index (χ2n) is 5.76. The van der Waals surface area contributed by atoms with Crippen LogP contribution >= 0.6 is 11.3 Å². The van der Waals surface area contributed by atoms with Gasteiger partial charge in [0.25, 0.3) is 5.91 Å². The van der Waals surface area contributed by atoms with Gasteiger partial charge in [0, 0.05) is 35.4 Å². The largest absolute Gasteiger partial charge is 0.347 e. The monoisotopic (exact) mass is 363 g/mol. The number of carbonyl (C=O) groups excluding carboxylic acids is 1. The first kappa shape index (κ1) is 16.4. The number of hydrogen-bond acceptors (Lipinski definition) is 4. The maximum atomic E-state index is 13.3. The van der Waals surface area contributed by atoms with Crippen LogP contribution in [0.2, 0.25) is 0 Å². The molecule has 0 aliphatic rings. The summed E-state index contributed by atoms with van der Waals surface area (Å²) in [6.07, 6.45) is 5.16. The van der Waals surface area contributed by atoms with Crippen LogP contribution in [0.15, 0.2) is 67.1 Å². The minimum atomic E-state index is -0.303. The van der Waals surface area contributed by atoms with Gasteiger partial charge in [-0.05, 0) is 59.5 Å². The minimum absolute atomic E-state index is 0.172. The number of hydrogen-bond donors (Lipinski definition) is 1. The van der Waals surface area contributed by atoms with E-state index in [9.17, 15) is 9.18 Å². The number of halogens is 1. The molecule has 0 saturated heterocycles. The van der Waals surface area contributed by atoms with Crippen molar-refractivity contribution in [1.29, 1.82) is 0 Å². The highest BCUT2D eigenvalue weighted by Crippen LogP contribution is 2.26. The predicted octanol–water partition coefficient (Wildman–Crippen LogP) is 4.43. The Balaban J connectivity index is 1.49. The van der Waals surface area contributed by atoms with Crippen LogP contribution in [0, 0.1) is 5.82 Å². The molecule has 0 spiro atoms. The zero-order chi connectivity index (χ0) is 17.9. The smallest absolute Gasteiger partial charge is 0.261 e. The van der Waals surface area contributed by atoms with Crippen LogP contribution in [0.3, 0.4) is 0 Å². The standard InChI is InChI=1S/C20H14FN3OS/c21-16-1-2-18-15(10-16)11-19(26-18)20(25)24-12-13-3-8-23-17(9-13)14-4-6-22-7-5-14/h1-11H,12H2,(H,24,25). The number of benzene rings is 1. The van der Waals surface area contributed by atoms with Crippen molar-refractivity contribution < 1.29 is 9.18 Å². The van der Waals surface area contributed by atoms with Gasteiger partial charge >= 0.3 is 0 Å². The van der Waals surface area contributed by atoms with E-state index in [1.165, 1.54) is 23.5 Å². The fourth-order valence-corrected chi connectivity index (χ4v) is 3.62. The Morgan fingerprint density at radius 1 is 1.04 bits per heavy atom. The number of nitrogens with zero attached hydrogens (tertiary/aromatic N) is 2. The molecular formula is C20H14FN3OS. The Labute approximate surface area is 153 Å². The van der Waals surface area contributed by atoms with Gasteiger partial charge in [0.2, 0.25) is 0 Å². The third kappa shape index (κ3) is 3.45. The van der Waals surface area contributed by atoms with Crippen LogP contribution in [0.25, 0.3) is 21.3 Å². The number of nitrogens with one attached hydrogen (secondary N) is 1. The SMILES string of the molecule is O=C(NCc1ccnc(-c2ccncc2)c1)c1cc2cc(F)ccc2s1. The highest BCUT2D eigenvalue weighted by atomic mass is 32.1. The van der Waals surface area contributed by atoms with E-state index in [4.69, 9.17) is 0 Å². The molecule has 3 aromatic heterocycles. The molecular weight excluding hydrogens is 349 g/mol. The van der Waals surface area contributed by atoms with Crippen molar-refractivity contribution >= 4 is 27.3 Å². The molecule has 0 radical (unpaired) electrons. The number of amides is 1. The summed E-state index contributed by atoms with van der Waals surface area (Å²) in [6.45, 7) is 0.391. The van der Waals surface area contributed by atoms with Crippen LogP contribution < -0.4 is 5.32 Å². The molecule has 6 heteroatoms. The molecule has 0 atom stereocenters. The van der Waals surface area contributed by atoms with Gasteiger partial charge in [-0.25, -0.2) is 4.39 Å². The highest BCUT2D eigenvalue weighted by Gasteiger charge is 2.11. The maximum absolute atomic E-state index is 13.3. The molecule has 4 nitrogen and oxygen atoms in total. The van der Waals surface area contributed by atoms with Crippen molar-refractivity contribution in [2.75, 3.05) is 0 Å².